The maximum Gasteiger partial charge on any atom is 0.311 e. The van der Waals surface area contributed by atoms with E-state index >= 15 is 0 Å². The van der Waals surface area contributed by atoms with E-state index in [0.717, 1.165) is 19.3 Å². The predicted molar refractivity (Wildman–Crippen MR) is 163 cm³/mol. The highest BCUT2D eigenvalue weighted by Crippen LogP contribution is 2.22. The number of nitrogens with zero attached hydrogens (tertiary/aromatic N) is 1. The zero-order valence-corrected chi connectivity index (χ0v) is 26.2. The van der Waals surface area contributed by atoms with E-state index in [1.807, 2.05) is 0 Å². The van der Waals surface area contributed by atoms with Gasteiger partial charge in [0.15, 0.2) is 0 Å². The summed E-state index contributed by atoms with van der Waals surface area (Å²) in [4.78, 5) is 34.9. The third-order valence-corrected chi connectivity index (χ3v) is 8.12. The number of quaternary nitrogens is 1. The summed E-state index contributed by atoms with van der Waals surface area (Å²) in [6.07, 6.45) is 25.7. The molecule has 0 spiro atoms. The largest absolute Gasteiger partial charge is 0.481 e. The Labute approximate surface area is 245 Å². The SMILES string of the molecule is CCC/C=C/CCCCCCCCCCCCCCCC[N+](CC(C)C(=O)O)(CC(C)C(=O)O)CC(C)C(=O)O. The molecular formula is C33H62NO6+. The first kappa shape index (κ1) is 38.1. The van der Waals surface area contributed by atoms with Crippen LogP contribution in [0.2, 0.25) is 0 Å². The molecule has 0 saturated carbocycles. The Hall–Kier alpha value is -1.89. The first-order valence-corrected chi connectivity index (χ1v) is 16.2. The van der Waals surface area contributed by atoms with Crippen LogP contribution in [0.1, 0.15) is 137 Å². The molecule has 7 nitrogen and oxygen atoms in total. The van der Waals surface area contributed by atoms with Crippen molar-refractivity contribution < 1.29 is 34.2 Å². The zero-order valence-electron chi connectivity index (χ0n) is 26.2. The van der Waals surface area contributed by atoms with Gasteiger partial charge in [-0.3, -0.25) is 14.4 Å². The van der Waals surface area contributed by atoms with Crippen LogP contribution in [0.3, 0.4) is 0 Å². The first-order chi connectivity index (χ1) is 19.0. The summed E-state index contributed by atoms with van der Waals surface area (Å²) in [5, 5.41) is 28.6. The second-order valence-electron chi connectivity index (χ2n) is 12.3. The highest BCUT2D eigenvalue weighted by Gasteiger charge is 2.38. The van der Waals surface area contributed by atoms with E-state index in [2.05, 4.69) is 19.1 Å². The minimum absolute atomic E-state index is 0.227. The summed E-state index contributed by atoms with van der Waals surface area (Å²) in [6, 6.07) is 0. The normalized spacial score (nSPS) is 15.5. The Kier molecular flexibility index (Phi) is 22.7. The molecule has 3 N–H and O–H groups in total. The number of carbonyl (C=O) groups is 3. The number of carboxylic acid groups (broad SMARTS) is 3. The molecule has 3 atom stereocenters. The van der Waals surface area contributed by atoms with Crippen molar-refractivity contribution in [3.8, 4) is 0 Å². The van der Waals surface area contributed by atoms with Gasteiger partial charge in [0.2, 0.25) is 0 Å². The van der Waals surface area contributed by atoms with Gasteiger partial charge in [-0.05, 0) is 52.9 Å². The second-order valence-corrected chi connectivity index (χ2v) is 12.3. The number of hydrogen-bond acceptors (Lipinski definition) is 3. The first-order valence-electron chi connectivity index (χ1n) is 16.2. The summed E-state index contributed by atoms with van der Waals surface area (Å²) in [5.74, 6) is -4.79. The van der Waals surface area contributed by atoms with E-state index < -0.39 is 35.7 Å². The molecule has 0 bridgehead atoms. The lowest BCUT2D eigenvalue weighted by Crippen LogP contribution is -2.57. The fourth-order valence-corrected chi connectivity index (χ4v) is 5.71. The average molecular weight is 569 g/mol. The molecule has 0 amide bonds. The number of rotatable bonds is 28. The smallest absolute Gasteiger partial charge is 0.311 e. The van der Waals surface area contributed by atoms with E-state index in [4.69, 9.17) is 0 Å². The molecule has 0 radical (unpaired) electrons. The van der Waals surface area contributed by atoms with Crippen LogP contribution in [-0.4, -0.2) is 63.9 Å². The number of unbranched alkanes of at least 4 members (excludes halogenated alkanes) is 15. The van der Waals surface area contributed by atoms with Gasteiger partial charge in [0, 0.05) is 0 Å². The molecule has 0 heterocycles. The highest BCUT2D eigenvalue weighted by molar-refractivity contribution is 5.70. The second kappa shape index (κ2) is 23.8. The van der Waals surface area contributed by atoms with Crippen molar-refractivity contribution in [3.63, 3.8) is 0 Å². The molecular weight excluding hydrogens is 506 g/mol. The lowest BCUT2D eigenvalue weighted by molar-refractivity contribution is -0.934. The highest BCUT2D eigenvalue weighted by atomic mass is 16.4. The molecule has 7 heteroatoms. The van der Waals surface area contributed by atoms with Gasteiger partial charge < -0.3 is 19.8 Å². The number of carboxylic acids is 3. The summed E-state index contributed by atoms with van der Waals surface area (Å²) in [7, 11) is 0. The summed E-state index contributed by atoms with van der Waals surface area (Å²) < 4.78 is 0.227. The van der Waals surface area contributed by atoms with Gasteiger partial charge in [0.05, 0.1) is 26.2 Å². The van der Waals surface area contributed by atoms with E-state index in [1.54, 1.807) is 20.8 Å². The van der Waals surface area contributed by atoms with Gasteiger partial charge >= 0.3 is 17.9 Å². The van der Waals surface area contributed by atoms with Gasteiger partial charge in [0.25, 0.3) is 0 Å². The number of allylic oxidation sites excluding steroid dienone is 2. The number of aliphatic carboxylic acids is 3. The van der Waals surface area contributed by atoms with Crippen molar-refractivity contribution in [1.29, 1.82) is 0 Å². The van der Waals surface area contributed by atoms with Gasteiger partial charge in [-0.15, -0.1) is 0 Å². The Balaban J connectivity index is 4.28. The lowest BCUT2D eigenvalue weighted by Gasteiger charge is -2.42. The van der Waals surface area contributed by atoms with Gasteiger partial charge in [-0.1, -0.05) is 96.1 Å². The van der Waals surface area contributed by atoms with Crippen LogP contribution < -0.4 is 0 Å². The monoisotopic (exact) mass is 568 g/mol. The minimum atomic E-state index is -0.931. The van der Waals surface area contributed by atoms with Gasteiger partial charge in [-0.2, -0.15) is 0 Å². The van der Waals surface area contributed by atoms with Gasteiger partial charge in [-0.25, -0.2) is 0 Å². The average Bonchev–Trinajstić information content (AvgIpc) is 2.89. The molecule has 40 heavy (non-hydrogen) atoms. The lowest BCUT2D eigenvalue weighted by atomic mass is 10.00. The van der Waals surface area contributed by atoms with Crippen LogP contribution in [0, 0.1) is 17.8 Å². The molecule has 0 aliphatic carbocycles. The van der Waals surface area contributed by atoms with Crippen LogP contribution in [-0.2, 0) is 14.4 Å². The van der Waals surface area contributed by atoms with Crippen LogP contribution in [0.25, 0.3) is 0 Å². The fourth-order valence-electron chi connectivity index (χ4n) is 5.71. The quantitative estimate of drug-likeness (QED) is 0.0498. The topological polar surface area (TPSA) is 112 Å². The summed E-state index contributed by atoms with van der Waals surface area (Å²) in [6.45, 7) is 8.46. The molecule has 0 aliphatic heterocycles. The maximum absolute atomic E-state index is 11.6. The van der Waals surface area contributed by atoms with Crippen LogP contribution in [0.5, 0.6) is 0 Å². The molecule has 234 valence electrons. The molecule has 0 aliphatic rings. The summed E-state index contributed by atoms with van der Waals surface area (Å²) in [5.41, 5.74) is 0. The molecule has 3 unspecified atom stereocenters. The minimum Gasteiger partial charge on any atom is -0.481 e. The van der Waals surface area contributed by atoms with E-state index in [1.165, 1.54) is 89.9 Å². The van der Waals surface area contributed by atoms with Crippen LogP contribution in [0.4, 0.5) is 0 Å². The molecule has 0 aromatic carbocycles. The van der Waals surface area contributed by atoms with Crippen LogP contribution >= 0.6 is 0 Å². The molecule has 0 aromatic heterocycles. The van der Waals surface area contributed by atoms with Crippen molar-refractivity contribution in [2.45, 2.75) is 137 Å². The Morgan fingerprint density at radius 2 is 0.825 bits per heavy atom. The Morgan fingerprint density at radius 3 is 1.15 bits per heavy atom. The maximum atomic E-state index is 11.6. The number of hydrogen-bond donors (Lipinski definition) is 3. The zero-order chi connectivity index (χ0) is 30.2. The Morgan fingerprint density at radius 1 is 0.525 bits per heavy atom. The van der Waals surface area contributed by atoms with E-state index in [0.29, 0.717) is 6.54 Å². The van der Waals surface area contributed by atoms with Crippen molar-refractivity contribution in [2.75, 3.05) is 26.2 Å². The van der Waals surface area contributed by atoms with Crippen LogP contribution in [0.15, 0.2) is 12.2 Å². The summed E-state index contributed by atoms with van der Waals surface area (Å²) >= 11 is 0. The van der Waals surface area contributed by atoms with E-state index in [9.17, 15) is 29.7 Å². The van der Waals surface area contributed by atoms with Crippen molar-refractivity contribution in [3.05, 3.63) is 12.2 Å². The molecule has 0 rings (SSSR count). The third kappa shape index (κ3) is 20.1. The molecule has 0 aromatic rings. The standard InChI is InChI=1S/C33H61NO6/c1-5-6-7-8-9-10-11-12-13-14-15-16-17-18-19-20-21-22-23-24-34(25-28(2)31(35)36,26-29(3)32(37)38)27-30(4)33(39)40/h7-8,28-30H,5-6,9-27H2,1-4H3,(H2-,35,36,37,38,39,40)/p+1/b8-7+. The third-order valence-electron chi connectivity index (χ3n) is 8.12. The molecule has 0 saturated heterocycles. The van der Waals surface area contributed by atoms with E-state index in [-0.39, 0.29) is 24.1 Å². The van der Waals surface area contributed by atoms with Crippen molar-refractivity contribution in [1.82, 2.24) is 0 Å². The van der Waals surface area contributed by atoms with Crippen molar-refractivity contribution >= 4 is 17.9 Å². The molecule has 0 fully saturated rings. The predicted octanol–water partition coefficient (Wildman–Crippen LogP) is 8.17. The van der Waals surface area contributed by atoms with Crippen molar-refractivity contribution in [2.24, 2.45) is 17.8 Å². The Bertz CT molecular complexity index is 652. The van der Waals surface area contributed by atoms with Gasteiger partial charge in [0.1, 0.15) is 17.8 Å². The fraction of sp³-hybridized carbons (Fsp3) is 0.848.